The molecular formula is C18H14FN7O2. The number of fused-ring (bicyclic) bond motifs is 2. The zero-order valence-corrected chi connectivity index (χ0v) is 14.4. The second-order valence-corrected chi connectivity index (χ2v) is 6.06. The van der Waals surface area contributed by atoms with Crippen molar-refractivity contribution in [3.8, 4) is 11.5 Å². The summed E-state index contributed by atoms with van der Waals surface area (Å²) in [5, 5.41) is 16.9. The number of anilines is 3. The number of aromatic amines is 1. The van der Waals surface area contributed by atoms with Crippen LogP contribution < -0.4 is 20.1 Å². The second kappa shape index (κ2) is 6.65. The molecule has 0 bridgehead atoms. The zero-order chi connectivity index (χ0) is 18.9. The van der Waals surface area contributed by atoms with Crippen LogP contribution in [-0.4, -0.2) is 32.2 Å². The minimum Gasteiger partial charge on any atom is -0.454 e. The Kier molecular flexibility index (Phi) is 3.86. The van der Waals surface area contributed by atoms with Gasteiger partial charge in [0.15, 0.2) is 22.8 Å². The van der Waals surface area contributed by atoms with Crippen molar-refractivity contribution in [2.75, 3.05) is 17.4 Å². The van der Waals surface area contributed by atoms with E-state index in [0.717, 1.165) is 11.3 Å². The quantitative estimate of drug-likeness (QED) is 0.485. The zero-order valence-electron chi connectivity index (χ0n) is 14.4. The Morgan fingerprint density at radius 3 is 2.75 bits per heavy atom. The SMILES string of the molecule is Fc1ccc(Nc2nc(NCc3ccc4c(c3)OCO4)nc3n[nH]nc23)cc1. The van der Waals surface area contributed by atoms with Crippen LogP contribution in [0.15, 0.2) is 42.5 Å². The lowest BCUT2D eigenvalue weighted by Gasteiger charge is -2.09. The smallest absolute Gasteiger partial charge is 0.231 e. The molecule has 0 saturated heterocycles. The summed E-state index contributed by atoms with van der Waals surface area (Å²) in [4.78, 5) is 8.83. The van der Waals surface area contributed by atoms with Crippen molar-refractivity contribution in [2.45, 2.75) is 6.54 Å². The molecule has 0 atom stereocenters. The number of nitrogens with one attached hydrogen (secondary N) is 3. The summed E-state index contributed by atoms with van der Waals surface area (Å²) in [5.74, 6) is 1.97. The number of ether oxygens (including phenoxy) is 2. The van der Waals surface area contributed by atoms with Crippen LogP contribution >= 0.6 is 0 Å². The Morgan fingerprint density at radius 2 is 1.86 bits per heavy atom. The molecule has 1 aliphatic rings. The van der Waals surface area contributed by atoms with Crippen molar-refractivity contribution in [1.82, 2.24) is 25.4 Å². The van der Waals surface area contributed by atoms with E-state index >= 15 is 0 Å². The number of H-pyrrole nitrogens is 1. The molecule has 140 valence electrons. The number of hydrogen-bond donors (Lipinski definition) is 3. The summed E-state index contributed by atoms with van der Waals surface area (Å²) in [5.41, 5.74) is 2.55. The monoisotopic (exact) mass is 379 g/mol. The van der Waals surface area contributed by atoms with Gasteiger partial charge in [-0.05, 0) is 42.0 Å². The average molecular weight is 379 g/mol. The lowest BCUT2D eigenvalue weighted by molar-refractivity contribution is 0.174. The molecule has 0 unspecified atom stereocenters. The van der Waals surface area contributed by atoms with E-state index in [2.05, 4.69) is 36.0 Å². The van der Waals surface area contributed by atoms with Crippen LogP contribution in [0.25, 0.3) is 11.2 Å². The molecule has 0 aliphatic carbocycles. The first-order chi connectivity index (χ1) is 13.7. The van der Waals surface area contributed by atoms with Crippen LogP contribution in [-0.2, 0) is 6.54 Å². The van der Waals surface area contributed by atoms with Crippen molar-refractivity contribution < 1.29 is 13.9 Å². The van der Waals surface area contributed by atoms with E-state index in [1.54, 1.807) is 12.1 Å². The molecule has 28 heavy (non-hydrogen) atoms. The van der Waals surface area contributed by atoms with Gasteiger partial charge >= 0.3 is 0 Å². The second-order valence-electron chi connectivity index (χ2n) is 6.06. The van der Waals surface area contributed by atoms with E-state index < -0.39 is 0 Å². The molecule has 0 amide bonds. The van der Waals surface area contributed by atoms with Crippen LogP contribution in [0.5, 0.6) is 11.5 Å². The molecule has 4 aromatic rings. The Balaban J connectivity index is 1.39. The van der Waals surface area contributed by atoms with Gasteiger partial charge in [0.2, 0.25) is 18.4 Å². The van der Waals surface area contributed by atoms with E-state index in [4.69, 9.17) is 9.47 Å². The molecule has 9 nitrogen and oxygen atoms in total. The predicted molar refractivity (Wildman–Crippen MR) is 99.1 cm³/mol. The summed E-state index contributed by atoms with van der Waals surface area (Å²) in [6.07, 6.45) is 0. The third-order valence-electron chi connectivity index (χ3n) is 4.18. The van der Waals surface area contributed by atoms with Crippen LogP contribution in [0.1, 0.15) is 5.56 Å². The minimum absolute atomic E-state index is 0.233. The number of nitrogens with zero attached hydrogens (tertiary/aromatic N) is 4. The molecule has 0 saturated carbocycles. The van der Waals surface area contributed by atoms with Gasteiger partial charge in [-0.1, -0.05) is 6.07 Å². The highest BCUT2D eigenvalue weighted by Crippen LogP contribution is 2.32. The first-order valence-electron chi connectivity index (χ1n) is 8.48. The van der Waals surface area contributed by atoms with Crippen molar-refractivity contribution >= 4 is 28.6 Å². The van der Waals surface area contributed by atoms with E-state index in [1.807, 2.05) is 18.2 Å². The highest BCUT2D eigenvalue weighted by atomic mass is 19.1. The fourth-order valence-corrected chi connectivity index (χ4v) is 2.81. The van der Waals surface area contributed by atoms with Crippen molar-refractivity contribution in [3.63, 3.8) is 0 Å². The maximum Gasteiger partial charge on any atom is 0.231 e. The maximum absolute atomic E-state index is 13.1. The summed E-state index contributed by atoms with van der Waals surface area (Å²) < 4.78 is 23.8. The Labute approximate surface area is 157 Å². The molecule has 2 aromatic heterocycles. The highest BCUT2D eigenvalue weighted by Gasteiger charge is 2.14. The van der Waals surface area contributed by atoms with Gasteiger partial charge < -0.3 is 20.1 Å². The lowest BCUT2D eigenvalue weighted by atomic mass is 10.2. The van der Waals surface area contributed by atoms with Gasteiger partial charge in [-0.2, -0.15) is 20.3 Å². The highest BCUT2D eigenvalue weighted by molar-refractivity contribution is 5.85. The average Bonchev–Trinajstić information content (AvgIpc) is 3.37. The number of hydrogen-bond acceptors (Lipinski definition) is 8. The molecule has 10 heteroatoms. The van der Waals surface area contributed by atoms with Gasteiger partial charge in [0.1, 0.15) is 5.82 Å². The number of aromatic nitrogens is 5. The van der Waals surface area contributed by atoms with Crippen LogP contribution in [0.3, 0.4) is 0 Å². The van der Waals surface area contributed by atoms with Gasteiger partial charge in [-0.3, -0.25) is 0 Å². The topological polar surface area (TPSA) is 110 Å². The predicted octanol–water partition coefficient (Wildman–Crippen LogP) is 2.97. The number of halogens is 1. The number of benzene rings is 2. The summed E-state index contributed by atoms with van der Waals surface area (Å²) in [7, 11) is 0. The molecule has 5 rings (SSSR count). The maximum atomic E-state index is 13.1. The first kappa shape index (κ1) is 16.2. The van der Waals surface area contributed by atoms with Crippen LogP contribution in [0, 0.1) is 5.82 Å². The van der Waals surface area contributed by atoms with Gasteiger partial charge in [0.25, 0.3) is 0 Å². The van der Waals surface area contributed by atoms with Crippen LogP contribution in [0.4, 0.5) is 21.8 Å². The van der Waals surface area contributed by atoms with Gasteiger partial charge in [0.05, 0.1) is 0 Å². The standard InChI is InChI=1S/C18H14FN7O2/c19-11-2-4-12(5-3-11)21-16-15-17(25-26-24-15)23-18(22-16)20-8-10-1-6-13-14(7-10)28-9-27-13/h1-7H,8-9H2,(H3,20,21,22,23,24,25,26). The lowest BCUT2D eigenvalue weighted by Crippen LogP contribution is -2.06. The van der Waals surface area contributed by atoms with E-state index in [-0.39, 0.29) is 12.6 Å². The van der Waals surface area contributed by atoms with Gasteiger partial charge in [-0.15, -0.1) is 5.10 Å². The fraction of sp³-hybridized carbons (Fsp3) is 0.111. The van der Waals surface area contributed by atoms with E-state index in [1.165, 1.54) is 12.1 Å². The fourth-order valence-electron chi connectivity index (χ4n) is 2.81. The van der Waals surface area contributed by atoms with E-state index in [0.29, 0.717) is 40.9 Å². The van der Waals surface area contributed by atoms with E-state index in [9.17, 15) is 4.39 Å². The van der Waals surface area contributed by atoms with Crippen LogP contribution in [0.2, 0.25) is 0 Å². The molecule has 0 spiro atoms. The molecule has 1 aliphatic heterocycles. The third-order valence-corrected chi connectivity index (χ3v) is 4.18. The normalized spacial score (nSPS) is 12.3. The number of rotatable bonds is 5. The summed E-state index contributed by atoms with van der Waals surface area (Å²) in [6, 6.07) is 11.7. The summed E-state index contributed by atoms with van der Waals surface area (Å²) in [6.45, 7) is 0.715. The molecular weight excluding hydrogens is 365 g/mol. The van der Waals surface area contributed by atoms with Crippen molar-refractivity contribution in [1.29, 1.82) is 0 Å². The molecule has 3 heterocycles. The Bertz CT molecular complexity index is 1150. The largest absolute Gasteiger partial charge is 0.454 e. The molecule has 0 radical (unpaired) electrons. The molecule has 2 aromatic carbocycles. The summed E-state index contributed by atoms with van der Waals surface area (Å²) >= 11 is 0. The van der Waals surface area contributed by atoms with Crippen molar-refractivity contribution in [2.24, 2.45) is 0 Å². The van der Waals surface area contributed by atoms with Crippen molar-refractivity contribution in [3.05, 3.63) is 53.8 Å². The molecule has 3 N–H and O–H groups in total. The van der Waals surface area contributed by atoms with Gasteiger partial charge in [-0.25, -0.2) is 4.39 Å². The Morgan fingerprint density at radius 1 is 1.00 bits per heavy atom. The van der Waals surface area contributed by atoms with Gasteiger partial charge in [0, 0.05) is 12.2 Å². The third kappa shape index (κ3) is 3.11. The minimum atomic E-state index is -0.314. The first-order valence-corrected chi connectivity index (χ1v) is 8.48. The Hall–Kier alpha value is -3.95. The molecule has 0 fully saturated rings.